The van der Waals surface area contributed by atoms with E-state index in [1.165, 1.54) is 25.9 Å². The molecular formula is C19H30N4O. The Balaban J connectivity index is 1.49. The lowest BCUT2D eigenvalue weighted by atomic mass is 9.93. The second kappa shape index (κ2) is 8.08. The minimum Gasteiger partial charge on any atom is -0.350 e. The maximum atomic E-state index is 12.6. The predicted molar refractivity (Wildman–Crippen MR) is 95.6 cm³/mol. The number of amides is 1. The van der Waals surface area contributed by atoms with Crippen LogP contribution in [-0.4, -0.2) is 60.0 Å². The number of hydrogen-bond donors (Lipinski definition) is 1. The van der Waals surface area contributed by atoms with Crippen molar-refractivity contribution in [1.29, 1.82) is 0 Å². The summed E-state index contributed by atoms with van der Waals surface area (Å²) in [6.45, 7) is 6.93. The van der Waals surface area contributed by atoms with Crippen LogP contribution in [0.3, 0.4) is 0 Å². The molecule has 0 radical (unpaired) electrons. The highest BCUT2D eigenvalue weighted by molar-refractivity contribution is 5.78. The molecule has 24 heavy (non-hydrogen) atoms. The van der Waals surface area contributed by atoms with E-state index in [0.717, 1.165) is 37.3 Å². The molecule has 2 aliphatic rings. The third-order valence-electron chi connectivity index (χ3n) is 5.42. The fraction of sp³-hybridized carbons (Fsp3) is 0.684. The molecule has 3 rings (SSSR count). The zero-order valence-corrected chi connectivity index (χ0v) is 15.0. The number of aryl methyl sites for hydroxylation is 1. The highest BCUT2D eigenvalue weighted by Crippen LogP contribution is 2.23. The SMILES string of the molecule is Cc1cccc(CNC(=O)[C@H]2CCCN(C3CCN(C)CC3)C2)n1. The zero-order chi connectivity index (χ0) is 16.9. The van der Waals surface area contributed by atoms with Crippen LogP contribution in [0.1, 0.15) is 37.1 Å². The summed E-state index contributed by atoms with van der Waals surface area (Å²) in [6.07, 6.45) is 4.61. The van der Waals surface area contributed by atoms with Crippen molar-refractivity contribution in [1.82, 2.24) is 20.1 Å². The van der Waals surface area contributed by atoms with E-state index < -0.39 is 0 Å². The number of carbonyl (C=O) groups is 1. The first-order valence-corrected chi connectivity index (χ1v) is 9.24. The van der Waals surface area contributed by atoms with Gasteiger partial charge in [-0.05, 0) is 71.4 Å². The highest BCUT2D eigenvalue weighted by atomic mass is 16.1. The van der Waals surface area contributed by atoms with Gasteiger partial charge in [0.05, 0.1) is 18.2 Å². The smallest absolute Gasteiger partial charge is 0.224 e. The monoisotopic (exact) mass is 330 g/mol. The standard InChI is InChI=1S/C19H30N4O/c1-15-5-3-7-17(21-15)13-20-19(24)16-6-4-10-23(14-16)18-8-11-22(2)12-9-18/h3,5,7,16,18H,4,6,8-14H2,1-2H3,(H,20,24)/t16-/m0/s1. The van der Waals surface area contributed by atoms with Gasteiger partial charge in [0.25, 0.3) is 0 Å². The molecule has 0 bridgehead atoms. The molecule has 1 N–H and O–H groups in total. The normalized spacial score (nSPS) is 24.0. The highest BCUT2D eigenvalue weighted by Gasteiger charge is 2.31. The molecule has 132 valence electrons. The van der Waals surface area contributed by atoms with Gasteiger partial charge in [-0.2, -0.15) is 0 Å². The van der Waals surface area contributed by atoms with Crippen molar-refractivity contribution < 1.29 is 4.79 Å². The van der Waals surface area contributed by atoms with Gasteiger partial charge in [-0.15, -0.1) is 0 Å². The maximum Gasteiger partial charge on any atom is 0.224 e. The van der Waals surface area contributed by atoms with E-state index in [2.05, 4.69) is 27.1 Å². The van der Waals surface area contributed by atoms with E-state index in [0.29, 0.717) is 12.6 Å². The zero-order valence-electron chi connectivity index (χ0n) is 15.0. The van der Waals surface area contributed by atoms with Crippen LogP contribution in [0.5, 0.6) is 0 Å². The fourth-order valence-electron chi connectivity index (χ4n) is 3.93. The van der Waals surface area contributed by atoms with Gasteiger partial charge in [-0.1, -0.05) is 6.07 Å². The van der Waals surface area contributed by atoms with Crippen LogP contribution in [0, 0.1) is 12.8 Å². The van der Waals surface area contributed by atoms with Crippen molar-refractivity contribution in [3.05, 3.63) is 29.6 Å². The molecule has 1 atom stereocenters. The van der Waals surface area contributed by atoms with E-state index in [1.807, 2.05) is 25.1 Å². The summed E-state index contributed by atoms with van der Waals surface area (Å²) < 4.78 is 0. The Morgan fingerprint density at radius 2 is 2.04 bits per heavy atom. The van der Waals surface area contributed by atoms with Crippen LogP contribution in [0.15, 0.2) is 18.2 Å². The Hall–Kier alpha value is -1.46. The second-order valence-electron chi connectivity index (χ2n) is 7.36. The summed E-state index contributed by atoms with van der Waals surface area (Å²) in [4.78, 5) is 22.0. The molecule has 1 amide bonds. The lowest BCUT2D eigenvalue weighted by Gasteiger charge is -2.41. The van der Waals surface area contributed by atoms with Gasteiger partial charge in [0.2, 0.25) is 5.91 Å². The summed E-state index contributed by atoms with van der Waals surface area (Å²) in [6, 6.07) is 6.60. The summed E-state index contributed by atoms with van der Waals surface area (Å²) in [5, 5.41) is 3.09. The topological polar surface area (TPSA) is 48.5 Å². The third-order valence-corrected chi connectivity index (χ3v) is 5.42. The molecule has 2 fully saturated rings. The fourth-order valence-corrected chi connectivity index (χ4v) is 3.93. The summed E-state index contributed by atoms with van der Waals surface area (Å²) in [5.74, 6) is 0.319. The van der Waals surface area contributed by atoms with Crippen LogP contribution >= 0.6 is 0 Å². The van der Waals surface area contributed by atoms with Crippen LogP contribution in [0.2, 0.25) is 0 Å². The Labute approximate surface area is 145 Å². The molecule has 5 nitrogen and oxygen atoms in total. The number of hydrogen-bond acceptors (Lipinski definition) is 4. The quantitative estimate of drug-likeness (QED) is 0.915. The molecule has 1 aromatic rings. The molecule has 0 saturated carbocycles. The Morgan fingerprint density at radius 1 is 1.25 bits per heavy atom. The minimum atomic E-state index is 0.128. The predicted octanol–water partition coefficient (Wildman–Crippen LogP) is 1.81. The molecule has 0 aromatic carbocycles. The van der Waals surface area contributed by atoms with Crippen molar-refractivity contribution in [2.45, 2.75) is 45.2 Å². The number of piperidine rings is 2. The van der Waals surface area contributed by atoms with Gasteiger partial charge in [-0.3, -0.25) is 14.7 Å². The minimum absolute atomic E-state index is 0.128. The maximum absolute atomic E-state index is 12.6. The van der Waals surface area contributed by atoms with E-state index in [-0.39, 0.29) is 11.8 Å². The number of nitrogens with zero attached hydrogens (tertiary/aromatic N) is 3. The van der Waals surface area contributed by atoms with Gasteiger partial charge in [0.15, 0.2) is 0 Å². The number of pyridine rings is 1. The largest absolute Gasteiger partial charge is 0.350 e. The first kappa shape index (κ1) is 17.4. The second-order valence-corrected chi connectivity index (χ2v) is 7.36. The number of nitrogens with one attached hydrogen (secondary N) is 1. The van der Waals surface area contributed by atoms with Crippen molar-refractivity contribution >= 4 is 5.91 Å². The number of aromatic nitrogens is 1. The Bertz CT molecular complexity index is 554. The lowest BCUT2D eigenvalue weighted by molar-refractivity contribution is -0.127. The van der Waals surface area contributed by atoms with Gasteiger partial charge in [0, 0.05) is 18.3 Å². The van der Waals surface area contributed by atoms with Crippen LogP contribution in [-0.2, 0) is 11.3 Å². The number of rotatable bonds is 4. The molecule has 0 spiro atoms. The average Bonchev–Trinajstić information content (AvgIpc) is 2.60. The van der Waals surface area contributed by atoms with E-state index in [9.17, 15) is 4.79 Å². The van der Waals surface area contributed by atoms with Gasteiger partial charge in [-0.25, -0.2) is 0 Å². The van der Waals surface area contributed by atoms with Crippen molar-refractivity contribution in [2.24, 2.45) is 5.92 Å². The number of likely N-dealkylation sites (tertiary alicyclic amines) is 2. The van der Waals surface area contributed by atoms with Crippen LogP contribution in [0.25, 0.3) is 0 Å². The van der Waals surface area contributed by atoms with Crippen LogP contribution in [0.4, 0.5) is 0 Å². The molecule has 0 aliphatic carbocycles. The van der Waals surface area contributed by atoms with E-state index in [1.54, 1.807) is 0 Å². The van der Waals surface area contributed by atoms with Crippen molar-refractivity contribution in [3.8, 4) is 0 Å². The molecule has 3 heterocycles. The molecule has 2 aliphatic heterocycles. The molecular weight excluding hydrogens is 300 g/mol. The summed E-state index contributed by atoms with van der Waals surface area (Å²) in [5.41, 5.74) is 1.93. The molecule has 1 aromatic heterocycles. The van der Waals surface area contributed by atoms with Crippen molar-refractivity contribution in [2.75, 3.05) is 33.2 Å². The molecule has 0 unspecified atom stereocenters. The molecule has 5 heteroatoms. The van der Waals surface area contributed by atoms with Gasteiger partial charge in [0.1, 0.15) is 0 Å². The lowest BCUT2D eigenvalue weighted by Crippen LogP contribution is -2.50. The average molecular weight is 330 g/mol. The van der Waals surface area contributed by atoms with E-state index in [4.69, 9.17) is 0 Å². The van der Waals surface area contributed by atoms with E-state index >= 15 is 0 Å². The number of carbonyl (C=O) groups excluding carboxylic acids is 1. The van der Waals surface area contributed by atoms with Gasteiger partial charge >= 0.3 is 0 Å². The van der Waals surface area contributed by atoms with Gasteiger partial charge < -0.3 is 10.2 Å². The first-order chi connectivity index (χ1) is 11.6. The summed E-state index contributed by atoms with van der Waals surface area (Å²) >= 11 is 0. The van der Waals surface area contributed by atoms with Crippen LogP contribution < -0.4 is 5.32 Å². The molecule has 2 saturated heterocycles. The Kier molecular flexibility index (Phi) is 5.85. The summed E-state index contributed by atoms with van der Waals surface area (Å²) in [7, 11) is 2.20. The third kappa shape index (κ3) is 4.54. The Morgan fingerprint density at radius 3 is 2.79 bits per heavy atom. The van der Waals surface area contributed by atoms with Crippen molar-refractivity contribution in [3.63, 3.8) is 0 Å². The first-order valence-electron chi connectivity index (χ1n) is 9.24.